The number of imidazole rings is 1. The molecule has 2 amide bonds. The molecule has 1 aliphatic heterocycles. The first-order valence-corrected chi connectivity index (χ1v) is 10.1. The highest BCUT2D eigenvalue weighted by molar-refractivity contribution is 6.01. The Morgan fingerprint density at radius 3 is 2.77 bits per heavy atom. The van der Waals surface area contributed by atoms with Crippen LogP contribution in [0.5, 0.6) is 0 Å². The standard InChI is InChI=1S/C23H21N5O3/c1-27-22(30)18(11-12-28-20-10-6-5-9-17(20)25-23(27)28)24-21(29)19-14-16(31-26-19)13-15-7-3-2-4-8-15/h2-10,14,18H,11-13H2,1H3,(H,24,29)/t18-/m0/s1. The second-order valence-corrected chi connectivity index (χ2v) is 7.60. The van der Waals surface area contributed by atoms with Gasteiger partial charge in [-0.25, -0.2) is 4.98 Å². The summed E-state index contributed by atoms with van der Waals surface area (Å²) in [6.07, 6.45) is 0.997. The zero-order valence-corrected chi connectivity index (χ0v) is 17.0. The van der Waals surface area contributed by atoms with Gasteiger partial charge >= 0.3 is 0 Å². The van der Waals surface area contributed by atoms with Gasteiger partial charge in [-0.3, -0.25) is 14.5 Å². The lowest BCUT2D eigenvalue weighted by atomic mass is 10.1. The molecule has 8 nitrogen and oxygen atoms in total. The molecule has 156 valence electrons. The summed E-state index contributed by atoms with van der Waals surface area (Å²) in [4.78, 5) is 31.8. The highest BCUT2D eigenvalue weighted by Gasteiger charge is 2.32. The van der Waals surface area contributed by atoms with Crippen molar-refractivity contribution in [2.24, 2.45) is 0 Å². The molecule has 0 saturated heterocycles. The van der Waals surface area contributed by atoms with E-state index in [9.17, 15) is 9.59 Å². The number of benzene rings is 2. The van der Waals surface area contributed by atoms with E-state index in [4.69, 9.17) is 4.52 Å². The smallest absolute Gasteiger partial charge is 0.274 e. The van der Waals surface area contributed by atoms with Gasteiger partial charge in [-0.2, -0.15) is 0 Å². The Balaban J connectivity index is 1.31. The number of hydrogen-bond donors (Lipinski definition) is 1. The maximum atomic E-state index is 13.0. The fraction of sp³-hybridized carbons (Fsp3) is 0.217. The quantitative estimate of drug-likeness (QED) is 0.553. The molecule has 0 saturated carbocycles. The molecule has 4 aromatic rings. The van der Waals surface area contributed by atoms with Crippen LogP contribution in [0.3, 0.4) is 0 Å². The molecule has 0 fully saturated rings. The van der Waals surface area contributed by atoms with Crippen LogP contribution in [-0.2, 0) is 17.8 Å². The minimum atomic E-state index is -0.674. The van der Waals surface area contributed by atoms with E-state index in [-0.39, 0.29) is 11.6 Å². The van der Waals surface area contributed by atoms with E-state index < -0.39 is 11.9 Å². The second kappa shape index (κ2) is 7.71. The van der Waals surface area contributed by atoms with Crippen molar-refractivity contribution in [1.82, 2.24) is 20.0 Å². The largest absolute Gasteiger partial charge is 0.360 e. The first-order chi connectivity index (χ1) is 15.1. The lowest BCUT2D eigenvalue weighted by molar-refractivity contribution is -0.120. The van der Waals surface area contributed by atoms with E-state index >= 15 is 0 Å². The number of nitrogens with one attached hydrogen (secondary N) is 1. The van der Waals surface area contributed by atoms with Crippen LogP contribution >= 0.6 is 0 Å². The summed E-state index contributed by atoms with van der Waals surface area (Å²) >= 11 is 0. The summed E-state index contributed by atoms with van der Waals surface area (Å²) in [6.45, 7) is 0.564. The van der Waals surface area contributed by atoms with Gasteiger partial charge in [0.05, 0.1) is 11.0 Å². The fourth-order valence-electron chi connectivity index (χ4n) is 3.92. The van der Waals surface area contributed by atoms with Crippen molar-refractivity contribution in [3.63, 3.8) is 0 Å². The van der Waals surface area contributed by atoms with Gasteiger partial charge in [0.15, 0.2) is 5.69 Å². The Morgan fingerprint density at radius 1 is 1.16 bits per heavy atom. The van der Waals surface area contributed by atoms with Crippen molar-refractivity contribution < 1.29 is 14.1 Å². The molecule has 0 unspecified atom stereocenters. The maximum Gasteiger partial charge on any atom is 0.274 e. The number of carbonyl (C=O) groups excluding carboxylic acids is 2. The van der Waals surface area contributed by atoms with E-state index in [0.717, 1.165) is 16.6 Å². The highest BCUT2D eigenvalue weighted by Crippen LogP contribution is 2.26. The summed E-state index contributed by atoms with van der Waals surface area (Å²) in [5.74, 6) is 0.524. The van der Waals surface area contributed by atoms with Gasteiger partial charge in [0.25, 0.3) is 11.8 Å². The van der Waals surface area contributed by atoms with Crippen LogP contribution in [-0.4, -0.2) is 39.6 Å². The molecule has 2 aromatic carbocycles. The molecule has 2 aromatic heterocycles. The summed E-state index contributed by atoms with van der Waals surface area (Å²) in [5.41, 5.74) is 3.03. The molecule has 1 aliphatic rings. The van der Waals surface area contributed by atoms with Crippen LogP contribution in [0, 0.1) is 0 Å². The third-order valence-corrected chi connectivity index (χ3v) is 5.52. The van der Waals surface area contributed by atoms with Gasteiger partial charge in [-0.15, -0.1) is 0 Å². The third-order valence-electron chi connectivity index (χ3n) is 5.52. The number of likely N-dealkylation sites (N-methyl/N-ethyl adjacent to an activating group) is 1. The van der Waals surface area contributed by atoms with Gasteiger partial charge in [0.2, 0.25) is 5.95 Å². The van der Waals surface area contributed by atoms with Crippen molar-refractivity contribution in [2.75, 3.05) is 11.9 Å². The average Bonchev–Trinajstić information content (AvgIpc) is 3.38. The number of fused-ring (bicyclic) bond motifs is 3. The molecule has 3 heterocycles. The molecular weight excluding hydrogens is 394 g/mol. The van der Waals surface area contributed by atoms with Crippen LogP contribution in [0.2, 0.25) is 0 Å². The average molecular weight is 415 g/mol. The number of aryl methyl sites for hydroxylation is 1. The fourth-order valence-corrected chi connectivity index (χ4v) is 3.92. The maximum absolute atomic E-state index is 13.0. The van der Waals surface area contributed by atoms with E-state index in [0.29, 0.717) is 31.1 Å². The zero-order valence-electron chi connectivity index (χ0n) is 17.0. The highest BCUT2D eigenvalue weighted by atomic mass is 16.5. The van der Waals surface area contributed by atoms with E-state index in [1.807, 2.05) is 59.2 Å². The number of nitrogens with zero attached hydrogens (tertiary/aromatic N) is 4. The Bertz CT molecular complexity index is 1260. The number of hydrogen-bond acceptors (Lipinski definition) is 5. The summed E-state index contributed by atoms with van der Waals surface area (Å²) in [7, 11) is 1.68. The monoisotopic (exact) mass is 415 g/mol. The molecule has 31 heavy (non-hydrogen) atoms. The zero-order chi connectivity index (χ0) is 21.4. The van der Waals surface area contributed by atoms with Crippen LogP contribution < -0.4 is 10.2 Å². The molecule has 0 aliphatic carbocycles. The van der Waals surface area contributed by atoms with Crippen molar-refractivity contribution in [1.29, 1.82) is 0 Å². The molecule has 1 atom stereocenters. The van der Waals surface area contributed by atoms with Gasteiger partial charge < -0.3 is 14.4 Å². The van der Waals surface area contributed by atoms with Crippen molar-refractivity contribution in [3.05, 3.63) is 77.7 Å². The second-order valence-electron chi connectivity index (χ2n) is 7.60. The van der Waals surface area contributed by atoms with Crippen molar-refractivity contribution in [3.8, 4) is 0 Å². The lowest BCUT2D eigenvalue weighted by Gasteiger charge is -2.19. The topological polar surface area (TPSA) is 93.3 Å². The van der Waals surface area contributed by atoms with Crippen molar-refractivity contribution in [2.45, 2.75) is 25.4 Å². The van der Waals surface area contributed by atoms with Crippen LogP contribution in [0.1, 0.15) is 28.2 Å². The minimum Gasteiger partial charge on any atom is -0.360 e. The van der Waals surface area contributed by atoms with Crippen LogP contribution in [0.25, 0.3) is 11.0 Å². The molecule has 0 bridgehead atoms. The molecule has 8 heteroatoms. The lowest BCUT2D eigenvalue weighted by Crippen LogP contribution is -2.47. The normalized spacial score (nSPS) is 16.2. The minimum absolute atomic E-state index is 0.161. The first kappa shape index (κ1) is 19.0. The number of amides is 2. The summed E-state index contributed by atoms with van der Waals surface area (Å²) in [6, 6.07) is 18.5. The van der Waals surface area contributed by atoms with Gasteiger partial charge in [-0.05, 0) is 24.1 Å². The molecule has 0 radical (unpaired) electrons. The molecule has 5 rings (SSSR count). The number of aromatic nitrogens is 3. The van der Waals surface area contributed by atoms with E-state index in [1.165, 1.54) is 4.90 Å². The Labute approximate surface area is 178 Å². The van der Waals surface area contributed by atoms with Crippen LogP contribution in [0.15, 0.2) is 65.2 Å². The SMILES string of the molecule is CN1C(=O)[C@@H](NC(=O)c2cc(Cc3ccccc3)on2)CCn2c1nc1ccccc12. The summed E-state index contributed by atoms with van der Waals surface area (Å²) in [5, 5.41) is 6.70. The van der Waals surface area contributed by atoms with Gasteiger partial charge in [0.1, 0.15) is 11.8 Å². The first-order valence-electron chi connectivity index (χ1n) is 10.1. The van der Waals surface area contributed by atoms with Crippen molar-refractivity contribution >= 4 is 28.8 Å². The van der Waals surface area contributed by atoms with Crippen LogP contribution in [0.4, 0.5) is 5.95 Å². The Kier molecular flexibility index (Phi) is 4.74. The predicted molar refractivity (Wildman–Crippen MR) is 115 cm³/mol. The van der Waals surface area contributed by atoms with Gasteiger partial charge in [-0.1, -0.05) is 47.6 Å². The predicted octanol–water partition coefficient (Wildman–Crippen LogP) is 2.78. The summed E-state index contributed by atoms with van der Waals surface area (Å²) < 4.78 is 7.33. The molecule has 0 spiro atoms. The Morgan fingerprint density at radius 2 is 1.94 bits per heavy atom. The number of carbonyl (C=O) groups is 2. The Hall–Kier alpha value is -3.94. The number of rotatable bonds is 4. The number of anilines is 1. The van der Waals surface area contributed by atoms with Gasteiger partial charge in [0, 0.05) is 26.1 Å². The molecular formula is C23H21N5O3. The van der Waals surface area contributed by atoms with E-state index in [2.05, 4.69) is 15.5 Å². The third kappa shape index (κ3) is 3.56. The van der Waals surface area contributed by atoms with E-state index in [1.54, 1.807) is 13.1 Å². The number of para-hydroxylation sites is 2. The molecule has 1 N–H and O–H groups in total.